The molecule has 0 bridgehead atoms. The largest absolute Gasteiger partial charge is 0.493 e. The van der Waals surface area contributed by atoms with Gasteiger partial charge in [0.1, 0.15) is 5.75 Å². The summed E-state index contributed by atoms with van der Waals surface area (Å²) in [7, 11) is 0. The van der Waals surface area contributed by atoms with Crippen LogP contribution in [-0.4, -0.2) is 6.61 Å². The molecule has 0 heterocycles. The van der Waals surface area contributed by atoms with Gasteiger partial charge in [0, 0.05) is 5.92 Å². The first-order valence-corrected chi connectivity index (χ1v) is 8.19. The summed E-state index contributed by atoms with van der Waals surface area (Å²) in [6.45, 7) is 5.17. The minimum atomic E-state index is 0.563. The number of hydrogen-bond acceptors (Lipinski definition) is 1. The Labute approximate surface area is 133 Å². The van der Waals surface area contributed by atoms with Crippen molar-refractivity contribution in [2.75, 3.05) is 6.61 Å². The molecule has 2 atom stereocenters. The Morgan fingerprint density at radius 1 is 0.864 bits per heavy atom. The van der Waals surface area contributed by atoms with Crippen molar-refractivity contribution in [2.24, 2.45) is 11.8 Å². The van der Waals surface area contributed by atoms with Crippen LogP contribution < -0.4 is 4.74 Å². The lowest BCUT2D eigenvalue weighted by Gasteiger charge is -2.20. The molecule has 2 aromatic carbocycles. The standard InChI is InChI=1S/C21H24O/c1-16-3-7-18(8-4-16)15-22-21-13-11-20(12-14-21)19-9-5-17(2)6-10-19/h3,5-7,9-14,16,18H,4,8,15H2,1-2H3. The fraction of sp³-hybridized carbons (Fsp3) is 0.333. The van der Waals surface area contributed by atoms with E-state index in [0.29, 0.717) is 5.92 Å². The summed E-state index contributed by atoms with van der Waals surface area (Å²) in [6, 6.07) is 17.1. The molecule has 0 spiro atoms. The second-order valence-electron chi connectivity index (χ2n) is 6.40. The average molecular weight is 292 g/mol. The number of allylic oxidation sites excluding steroid dienone is 1. The van der Waals surface area contributed by atoms with Crippen molar-refractivity contribution in [2.45, 2.75) is 26.7 Å². The van der Waals surface area contributed by atoms with Gasteiger partial charge in [-0.1, -0.05) is 61.0 Å². The van der Waals surface area contributed by atoms with Crippen LogP contribution in [0.25, 0.3) is 11.1 Å². The monoisotopic (exact) mass is 292 g/mol. The van der Waals surface area contributed by atoms with Gasteiger partial charge in [0.15, 0.2) is 0 Å². The van der Waals surface area contributed by atoms with Gasteiger partial charge in [-0.3, -0.25) is 0 Å². The van der Waals surface area contributed by atoms with Crippen LogP contribution in [0.5, 0.6) is 5.75 Å². The summed E-state index contributed by atoms with van der Waals surface area (Å²) >= 11 is 0. The molecule has 0 saturated heterocycles. The van der Waals surface area contributed by atoms with Gasteiger partial charge >= 0.3 is 0 Å². The first kappa shape index (κ1) is 14.9. The van der Waals surface area contributed by atoms with Gasteiger partial charge in [0.2, 0.25) is 0 Å². The van der Waals surface area contributed by atoms with Crippen molar-refractivity contribution in [3.05, 3.63) is 66.2 Å². The molecule has 114 valence electrons. The average Bonchev–Trinajstić information content (AvgIpc) is 2.56. The predicted octanol–water partition coefficient (Wildman–Crippen LogP) is 5.64. The Hall–Kier alpha value is -2.02. The summed E-state index contributed by atoms with van der Waals surface area (Å²) in [5, 5.41) is 0. The van der Waals surface area contributed by atoms with Crippen LogP contribution in [0.4, 0.5) is 0 Å². The molecular weight excluding hydrogens is 268 g/mol. The molecule has 1 nitrogen and oxygen atoms in total. The smallest absolute Gasteiger partial charge is 0.119 e. The molecule has 2 unspecified atom stereocenters. The van der Waals surface area contributed by atoms with Crippen molar-refractivity contribution < 1.29 is 4.74 Å². The second-order valence-corrected chi connectivity index (χ2v) is 6.40. The summed E-state index contributed by atoms with van der Waals surface area (Å²) in [5.74, 6) is 2.25. The third-order valence-corrected chi connectivity index (χ3v) is 4.41. The minimum absolute atomic E-state index is 0.563. The molecular formula is C21H24O. The van der Waals surface area contributed by atoms with E-state index in [0.717, 1.165) is 18.3 Å². The third kappa shape index (κ3) is 3.79. The van der Waals surface area contributed by atoms with Crippen LogP contribution in [0, 0.1) is 18.8 Å². The molecule has 0 saturated carbocycles. The van der Waals surface area contributed by atoms with E-state index in [4.69, 9.17) is 4.74 Å². The Morgan fingerprint density at radius 3 is 2.09 bits per heavy atom. The van der Waals surface area contributed by atoms with Gasteiger partial charge < -0.3 is 4.74 Å². The van der Waals surface area contributed by atoms with Crippen molar-refractivity contribution in [1.82, 2.24) is 0 Å². The number of aryl methyl sites for hydroxylation is 1. The third-order valence-electron chi connectivity index (χ3n) is 4.41. The molecule has 0 fully saturated rings. The highest BCUT2D eigenvalue weighted by Crippen LogP contribution is 2.25. The molecule has 1 aliphatic rings. The lowest BCUT2D eigenvalue weighted by Crippen LogP contribution is -2.14. The van der Waals surface area contributed by atoms with Crippen molar-refractivity contribution in [3.8, 4) is 16.9 Å². The maximum absolute atomic E-state index is 5.94. The van der Waals surface area contributed by atoms with Crippen LogP contribution in [0.2, 0.25) is 0 Å². The van der Waals surface area contributed by atoms with E-state index in [1.807, 2.05) is 0 Å². The highest BCUT2D eigenvalue weighted by molar-refractivity contribution is 5.64. The van der Waals surface area contributed by atoms with E-state index in [1.165, 1.54) is 29.5 Å². The quantitative estimate of drug-likeness (QED) is 0.662. The number of rotatable bonds is 4. The van der Waals surface area contributed by atoms with Crippen molar-refractivity contribution in [1.29, 1.82) is 0 Å². The van der Waals surface area contributed by atoms with Gasteiger partial charge in [-0.25, -0.2) is 0 Å². The van der Waals surface area contributed by atoms with Crippen molar-refractivity contribution in [3.63, 3.8) is 0 Å². The topological polar surface area (TPSA) is 9.23 Å². The van der Waals surface area contributed by atoms with Crippen LogP contribution >= 0.6 is 0 Å². The van der Waals surface area contributed by atoms with Crippen molar-refractivity contribution >= 4 is 0 Å². The van der Waals surface area contributed by atoms with Crippen LogP contribution in [0.3, 0.4) is 0 Å². The second kappa shape index (κ2) is 6.83. The van der Waals surface area contributed by atoms with E-state index in [2.05, 4.69) is 74.5 Å². The zero-order chi connectivity index (χ0) is 15.4. The SMILES string of the molecule is Cc1ccc(-c2ccc(OCC3C=CC(C)CC3)cc2)cc1. The Balaban J connectivity index is 1.60. The molecule has 1 aliphatic carbocycles. The van der Waals surface area contributed by atoms with Crippen LogP contribution in [0.15, 0.2) is 60.7 Å². The maximum Gasteiger partial charge on any atom is 0.119 e. The first-order valence-electron chi connectivity index (χ1n) is 8.19. The molecule has 1 heteroatoms. The molecule has 3 rings (SSSR count). The number of benzene rings is 2. The molecule has 0 aromatic heterocycles. The number of ether oxygens (including phenoxy) is 1. The van der Waals surface area contributed by atoms with Gasteiger partial charge in [-0.2, -0.15) is 0 Å². The summed E-state index contributed by atoms with van der Waals surface area (Å²) in [4.78, 5) is 0. The molecule has 0 radical (unpaired) electrons. The van der Waals surface area contributed by atoms with Crippen LogP contribution in [0.1, 0.15) is 25.3 Å². The lowest BCUT2D eigenvalue weighted by atomic mass is 9.90. The summed E-state index contributed by atoms with van der Waals surface area (Å²) < 4.78 is 5.94. The highest BCUT2D eigenvalue weighted by atomic mass is 16.5. The molecule has 0 aliphatic heterocycles. The first-order chi connectivity index (χ1) is 10.7. The fourth-order valence-corrected chi connectivity index (χ4v) is 2.85. The van der Waals surface area contributed by atoms with E-state index in [-0.39, 0.29) is 0 Å². The van der Waals surface area contributed by atoms with Gasteiger partial charge in [-0.15, -0.1) is 0 Å². The van der Waals surface area contributed by atoms with Gasteiger partial charge in [-0.05, 0) is 48.9 Å². The van der Waals surface area contributed by atoms with Gasteiger partial charge in [0.25, 0.3) is 0 Å². The summed E-state index contributed by atoms with van der Waals surface area (Å²) in [5.41, 5.74) is 3.78. The maximum atomic E-state index is 5.94. The van der Waals surface area contributed by atoms with Crippen LogP contribution in [-0.2, 0) is 0 Å². The van der Waals surface area contributed by atoms with E-state index in [1.54, 1.807) is 0 Å². The minimum Gasteiger partial charge on any atom is -0.493 e. The Bertz CT molecular complexity index is 622. The summed E-state index contributed by atoms with van der Waals surface area (Å²) in [6.07, 6.45) is 7.14. The lowest BCUT2D eigenvalue weighted by molar-refractivity contribution is 0.257. The zero-order valence-corrected chi connectivity index (χ0v) is 13.5. The normalized spacial score (nSPS) is 20.8. The molecule has 22 heavy (non-hydrogen) atoms. The zero-order valence-electron chi connectivity index (χ0n) is 13.5. The predicted molar refractivity (Wildman–Crippen MR) is 93.1 cm³/mol. The van der Waals surface area contributed by atoms with Gasteiger partial charge in [0.05, 0.1) is 6.61 Å². The fourth-order valence-electron chi connectivity index (χ4n) is 2.85. The Kier molecular flexibility index (Phi) is 4.62. The molecule has 2 aromatic rings. The van der Waals surface area contributed by atoms with E-state index < -0.39 is 0 Å². The number of hydrogen-bond donors (Lipinski definition) is 0. The Morgan fingerprint density at radius 2 is 1.50 bits per heavy atom. The molecule has 0 amide bonds. The van der Waals surface area contributed by atoms with E-state index >= 15 is 0 Å². The molecule has 0 N–H and O–H groups in total. The highest BCUT2D eigenvalue weighted by Gasteiger charge is 2.13. The van der Waals surface area contributed by atoms with E-state index in [9.17, 15) is 0 Å².